The summed E-state index contributed by atoms with van der Waals surface area (Å²) in [6.07, 6.45) is 8.56. The Hall–Kier alpha value is -0.930. The third kappa shape index (κ3) is 2.31. The quantitative estimate of drug-likeness (QED) is 0.714. The third-order valence-corrected chi connectivity index (χ3v) is 9.61. The maximum atomic E-state index is 12.9. The van der Waals surface area contributed by atoms with Gasteiger partial charge in [0.05, 0.1) is 12.0 Å². The van der Waals surface area contributed by atoms with Crippen molar-refractivity contribution in [3.8, 4) is 0 Å². The number of hydrogen-bond donors (Lipinski definition) is 1. The first-order chi connectivity index (χ1) is 12.6. The molecule has 0 bridgehead atoms. The summed E-state index contributed by atoms with van der Waals surface area (Å²) in [5.41, 5.74) is 0.200. The lowest BCUT2D eigenvalue weighted by Crippen LogP contribution is -2.58. The van der Waals surface area contributed by atoms with Crippen LogP contribution in [0.1, 0.15) is 53.4 Å². The largest absolute Gasteiger partial charge is 0.393 e. The molecule has 1 N–H and O–H groups in total. The molecule has 0 amide bonds. The number of hydrogen-bond acceptors (Lipinski definition) is 3. The fourth-order valence-corrected chi connectivity index (χ4v) is 7.89. The molecular formula is C23H31ClO3. The van der Waals surface area contributed by atoms with Crippen molar-refractivity contribution in [1.29, 1.82) is 0 Å². The number of Topliss-reactive ketones (excluding diaryl/α,β-unsaturated/α-hetero) is 1. The SMILES string of the molecule is CC1C[C@H]2[C@@H]3CCC4=CC(=O)C=C[C@]4(C)[C@H]3C(O)C[C@]2(C)[C@@]1(C)C(=O)CCl. The Morgan fingerprint density at radius 2 is 2.04 bits per heavy atom. The lowest BCUT2D eigenvalue weighted by atomic mass is 9.45. The van der Waals surface area contributed by atoms with Crippen molar-refractivity contribution in [1.82, 2.24) is 0 Å². The normalized spacial score (nSPS) is 51.3. The van der Waals surface area contributed by atoms with Gasteiger partial charge < -0.3 is 5.11 Å². The zero-order valence-electron chi connectivity index (χ0n) is 16.8. The second-order valence-electron chi connectivity index (χ2n) is 10.1. The Morgan fingerprint density at radius 3 is 2.70 bits per heavy atom. The number of alkyl halides is 1. The number of aliphatic hydroxyl groups is 1. The molecule has 3 fully saturated rings. The van der Waals surface area contributed by atoms with E-state index in [1.807, 2.05) is 6.08 Å². The van der Waals surface area contributed by atoms with Crippen molar-refractivity contribution < 1.29 is 14.7 Å². The van der Waals surface area contributed by atoms with Crippen LogP contribution >= 0.6 is 11.6 Å². The van der Waals surface area contributed by atoms with Gasteiger partial charge in [0.2, 0.25) is 0 Å². The van der Waals surface area contributed by atoms with Crippen molar-refractivity contribution in [2.24, 2.45) is 39.9 Å². The van der Waals surface area contributed by atoms with Gasteiger partial charge in [0.15, 0.2) is 11.6 Å². The van der Waals surface area contributed by atoms with E-state index in [4.69, 9.17) is 11.6 Å². The van der Waals surface area contributed by atoms with Gasteiger partial charge in [-0.1, -0.05) is 39.3 Å². The molecule has 0 aromatic rings. The van der Waals surface area contributed by atoms with Gasteiger partial charge >= 0.3 is 0 Å². The second-order valence-corrected chi connectivity index (χ2v) is 10.4. The van der Waals surface area contributed by atoms with Gasteiger partial charge in [0, 0.05) is 16.7 Å². The van der Waals surface area contributed by atoms with E-state index in [2.05, 4.69) is 27.7 Å². The van der Waals surface area contributed by atoms with Crippen LogP contribution in [0.25, 0.3) is 0 Å². The van der Waals surface area contributed by atoms with Gasteiger partial charge in [-0.05, 0) is 61.0 Å². The summed E-state index contributed by atoms with van der Waals surface area (Å²) >= 11 is 6.02. The van der Waals surface area contributed by atoms with Gasteiger partial charge in [0.25, 0.3) is 0 Å². The van der Waals surface area contributed by atoms with Crippen LogP contribution in [0.5, 0.6) is 0 Å². The topological polar surface area (TPSA) is 54.4 Å². The molecule has 0 aromatic carbocycles. The molecule has 0 saturated heterocycles. The Labute approximate surface area is 167 Å². The Kier molecular flexibility index (Phi) is 4.33. The van der Waals surface area contributed by atoms with Gasteiger partial charge in [-0.15, -0.1) is 11.6 Å². The summed E-state index contributed by atoms with van der Waals surface area (Å²) in [6.45, 7) is 8.68. The first kappa shape index (κ1) is 19.4. The molecule has 8 atom stereocenters. The van der Waals surface area contributed by atoms with Crippen LogP contribution in [0, 0.1) is 39.9 Å². The third-order valence-electron chi connectivity index (χ3n) is 9.37. The highest BCUT2D eigenvalue weighted by Gasteiger charge is 2.68. The maximum absolute atomic E-state index is 12.9. The smallest absolute Gasteiger partial charge is 0.178 e. The summed E-state index contributed by atoms with van der Waals surface area (Å²) in [5.74, 6) is 1.37. The minimum Gasteiger partial charge on any atom is -0.393 e. The van der Waals surface area contributed by atoms with Crippen LogP contribution in [0.2, 0.25) is 0 Å². The molecule has 3 nitrogen and oxygen atoms in total. The molecule has 27 heavy (non-hydrogen) atoms. The number of allylic oxidation sites excluding steroid dienone is 4. The second kappa shape index (κ2) is 6.03. The fraction of sp³-hybridized carbons (Fsp3) is 0.739. The molecule has 0 heterocycles. The van der Waals surface area contributed by atoms with E-state index in [0.29, 0.717) is 18.3 Å². The predicted molar refractivity (Wildman–Crippen MR) is 106 cm³/mol. The average molecular weight is 391 g/mol. The lowest BCUT2D eigenvalue weighted by molar-refractivity contribution is -0.154. The Bertz CT molecular complexity index is 755. The van der Waals surface area contributed by atoms with E-state index in [-0.39, 0.29) is 40.1 Å². The van der Waals surface area contributed by atoms with Crippen LogP contribution in [0.15, 0.2) is 23.8 Å². The molecule has 0 aromatic heterocycles. The zero-order chi connectivity index (χ0) is 19.8. The molecule has 148 valence electrons. The number of aliphatic hydroxyl groups excluding tert-OH is 1. The lowest BCUT2D eigenvalue weighted by Gasteiger charge is -2.60. The van der Waals surface area contributed by atoms with E-state index < -0.39 is 11.5 Å². The summed E-state index contributed by atoms with van der Waals surface area (Å²) in [6, 6.07) is 0. The van der Waals surface area contributed by atoms with Gasteiger partial charge in [-0.2, -0.15) is 0 Å². The molecule has 3 saturated carbocycles. The van der Waals surface area contributed by atoms with E-state index in [9.17, 15) is 14.7 Å². The Balaban J connectivity index is 1.78. The van der Waals surface area contributed by atoms with E-state index in [1.165, 1.54) is 5.57 Å². The van der Waals surface area contributed by atoms with Crippen molar-refractivity contribution >= 4 is 23.2 Å². The maximum Gasteiger partial charge on any atom is 0.178 e. The number of halogens is 1. The molecular weight excluding hydrogens is 360 g/mol. The molecule has 0 spiro atoms. The highest BCUT2D eigenvalue weighted by molar-refractivity contribution is 6.28. The van der Waals surface area contributed by atoms with Crippen molar-refractivity contribution in [2.75, 3.05) is 5.88 Å². The minimum absolute atomic E-state index is 0.0444. The number of rotatable bonds is 2. The van der Waals surface area contributed by atoms with Crippen LogP contribution in [0.4, 0.5) is 0 Å². The van der Waals surface area contributed by atoms with Gasteiger partial charge in [-0.3, -0.25) is 9.59 Å². The number of ketones is 2. The van der Waals surface area contributed by atoms with Crippen LogP contribution < -0.4 is 0 Å². The monoisotopic (exact) mass is 390 g/mol. The summed E-state index contributed by atoms with van der Waals surface area (Å²) in [4.78, 5) is 24.8. The highest BCUT2D eigenvalue weighted by atomic mass is 35.5. The number of carbonyl (C=O) groups excluding carboxylic acids is 2. The fourth-order valence-electron chi connectivity index (χ4n) is 7.62. The highest BCUT2D eigenvalue weighted by Crippen LogP contribution is 2.71. The van der Waals surface area contributed by atoms with Crippen LogP contribution in [0.3, 0.4) is 0 Å². The molecule has 4 aliphatic rings. The van der Waals surface area contributed by atoms with Crippen molar-refractivity contribution in [2.45, 2.75) is 59.5 Å². The molecule has 4 rings (SSSR count). The number of carbonyl (C=O) groups is 2. The van der Waals surface area contributed by atoms with Crippen LogP contribution in [-0.4, -0.2) is 28.7 Å². The first-order valence-electron chi connectivity index (χ1n) is 10.3. The van der Waals surface area contributed by atoms with E-state index >= 15 is 0 Å². The minimum atomic E-state index is -0.485. The summed E-state index contributed by atoms with van der Waals surface area (Å²) < 4.78 is 0. The van der Waals surface area contributed by atoms with E-state index in [1.54, 1.807) is 12.2 Å². The average Bonchev–Trinajstić information content (AvgIpc) is 2.82. The number of fused-ring (bicyclic) bond motifs is 5. The van der Waals surface area contributed by atoms with Gasteiger partial charge in [-0.25, -0.2) is 0 Å². The molecule has 0 radical (unpaired) electrons. The zero-order valence-corrected chi connectivity index (χ0v) is 17.6. The van der Waals surface area contributed by atoms with Crippen LogP contribution in [-0.2, 0) is 9.59 Å². The summed E-state index contributed by atoms with van der Waals surface area (Å²) in [5, 5.41) is 11.4. The molecule has 0 aliphatic heterocycles. The standard InChI is InChI=1S/C23H31ClO3/c1-13-9-17-16-6-5-14-10-15(25)7-8-21(14,2)20(16)18(26)11-22(17,3)23(13,4)19(27)12-24/h7-8,10,13,16-18,20,26H,5-6,9,11-12H2,1-4H3/t13?,16-,17-,18?,20+,21-,22-,23+/m0/s1. The molecule has 2 unspecified atom stereocenters. The van der Waals surface area contributed by atoms with Crippen molar-refractivity contribution in [3.05, 3.63) is 23.8 Å². The summed E-state index contributed by atoms with van der Waals surface area (Å²) in [7, 11) is 0. The predicted octanol–water partition coefficient (Wildman–Crippen LogP) is 4.33. The molecule has 4 heteroatoms. The van der Waals surface area contributed by atoms with Crippen molar-refractivity contribution in [3.63, 3.8) is 0 Å². The first-order valence-corrected chi connectivity index (χ1v) is 10.8. The van der Waals surface area contributed by atoms with Gasteiger partial charge in [0.1, 0.15) is 0 Å². The van der Waals surface area contributed by atoms with E-state index in [0.717, 1.165) is 19.3 Å². The molecule has 4 aliphatic carbocycles. The Morgan fingerprint density at radius 1 is 1.33 bits per heavy atom.